The quantitative estimate of drug-likeness (QED) is 0.362. The summed E-state index contributed by atoms with van der Waals surface area (Å²) in [4.78, 5) is 12.5. The normalized spacial score (nSPS) is 14.9. The average molecular weight is 347 g/mol. The molecule has 3 N–H and O–H groups in total. The van der Waals surface area contributed by atoms with Crippen molar-refractivity contribution < 1.29 is 9.90 Å². The zero-order valence-electron chi connectivity index (χ0n) is 16.2. The minimum absolute atomic E-state index is 0.0371. The summed E-state index contributed by atoms with van der Waals surface area (Å²) in [5, 5.41) is 9.25. The van der Waals surface area contributed by atoms with Crippen molar-refractivity contribution >= 4 is 5.78 Å². The van der Waals surface area contributed by atoms with Crippen LogP contribution in [0.25, 0.3) is 0 Å². The van der Waals surface area contributed by atoms with E-state index in [9.17, 15) is 9.90 Å². The molecule has 25 heavy (non-hydrogen) atoms. The van der Waals surface area contributed by atoms with Gasteiger partial charge in [-0.25, -0.2) is 0 Å². The lowest BCUT2D eigenvalue weighted by Crippen LogP contribution is -2.40. The number of aryl methyl sites for hydroxylation is 1. The van der Waals surface area contributed by atoms with Crippen LogP contribution in [0.1, 0.15) is 69.1 Å². The highest BCUT2D eigenvalue weighted by molar-refractivity contribution is 5.94. The van der Waals surface area contributed by atoms with Gasteiger partial charge in [-0.2, -0.15) is 0 Å². The molecule has 1 atom stereocenters. The Morgan fingerprint density at radius 2 is 1.96 bits per heavy atom. The molecule has 0 saturated heterocycles. The molecule has 4 heteroatoms. The van der Waals surface area contributed by atoms with Crippen LogP contribution in [0, 0.1) is 0 Å². The van der Waals surface area contributed by atoms with Crippen molar-refractivity contribution in [3.05, 3.63) is 47.3 Å². The number of hydrogen-bond acceptors (Lipinski definition) is 3. The van der Waals surface area contributed by atoms with E-state index in [2.05, 4.69) is 25.2 Å². The molecule has 0 amide bonds. The Kier molecular flexibility index (Phi) is 8.87. The number of aliphatic hydroxyl groups is 1. The van der Waals surface area contributed by atoms with Gasteiger partial charge in [-0.05, 0) is 65.0 Å². The van der Waals surface area contributed by atoms with E-state index in [0.717, 1.165) is 37.1 Å². The molecule has 0 fully saturated rings. The first-order valence-electron chi connectivity index (χ1n) is 9.20. The zero-order valence-corrected chi connectivity index (χ0v) is 16.2. The van der Waals surface area contributed by atoms with E-state index in [1.165, 1.54) is 5.57 Å². The molecule has 140 valence electrons. The Morgan fingerprint density at radius 3 is 2.56 bits per heavy atom. The number of Topliss-reactive ketones (excluding diaryl/α,β-unsaturated/α-hetero) is 1. The second kappa shape index (κ2) is 10.4. The first-order valence-corrected chi connectivity index (χ1v) is 9.20. The Labute approximate surface area is 152 Å². The van der Waals surface area contributed by atoms with Crippen molar-refractivity contribution in [2.45, 2.75) is 64.8 Å². The first kappa shape index (κ1) is 21.4. The number of nitrogens with zero attached hydrogens (tertiary/aromatic N) is 1. The van der Waals surface area contributed by atoms with Crippen molar-refractivity contribution in [3.63, 3.8) is 0 Å². The van der Waals surface area contributed by atoms with Gasteiger partial charge in [0, 0.05) is 24.7 Å². The number of unbranched alkanes of at least 4 members (excludes halogenated alkanes) is 1. The second-order valence-corrected chi connectivity index (χ2v) is 7.07. The van der Waals surface area contributed by atoms with Crippen LogP contribution in [0.2, 0.25) is 0 Å². The molecule has 4 nitrogen and oxygen atoms in total. The number of nitrogens with two attached hydrogens (primary N) is 1. The molecular weight excluding hydrogens is 312 g/mol. The van der Waals surface area contributed by atoms with E-state index in [0.29, 0.717) is 12.8 Å². The molecule has 0 saturated carbocycles. The van der Waals surface area contributed by atoms with Crippen LogP contribution >= 0.6 is 0 Å². The molecule has 0 bridgehead atoms. The smallest absolute Gasteiger partial charge is 0.179 e. The maximum atomic E-state index is 12.5. The molecule has 1 heterocycles. The maximum absolute atomic E-state index is 12.5. The maximum Gasteiger partial charge on any atom is 0.179 e. The van der Waals surface area contributed by atoms with Gasteiger partial charge < -0.3 is 15.4 Å². The monoisotopic (exact) mass is 346 g/mol. The molecule has 1 rings (SSSR count). The molecule has 0 radical (unpaired) electrons. The molecule has 0 aliphatic rings. The summed E-state index contributed by atoms with van der Waals surface area (Å²) in [5.74, 6) is 0.194. The fourth-order valence-corrected chi connectivity index (χ4v) is 2.86. The van der Waals surface area contributed by atoms with Crippen LogP contribution < -0.4 is 5.73 Å². The van der Waals surface area contributed by atoms with E-state index < -0.39 is 5.54 Å². The van der Waals surface area contributed by atoms with Crippen molar-refractivity contribution in [2.24, 2.45) is 12.8 Å². The Morgan fingerprint density at radius 1 is 1.28 bits per heavy atom. The van der Waals surface area contributed by atoms with Gasteiger partial charge in [-0.15, -0.1) is 0 Å². The average Bonchev–Trinajstić information content (AvgIpc) is 2.96. The van der Waals surface area contributed by atoms with Gasteiger partial charge in [0.25, 0.3) is 0 Å². The van der Waals surface area contributed by atoms with Crippen LogP contribution in [-0.2, 0) is 13.5 Å². The number of carbonyl (C=O) groups excluding carboxylic acids is 1. The highest BCUT2D eigenvalue weighted by Gasteiger charge is 2.19. The second-order valence-electron chi connectivity index (χ2n) is 7.07. The third-order valence-electron chi connectivity index (χ3n) is 4.70. The minimum Gasteiger partial charge on any atom is -0.394 e. The van der Waals surface area contributed by atoms with Crippen LogP contribution in [0.15, 0.2) is 35.9 Å². The van der Waals surface area contributed by atoms with Gasteiger partial charge in [0.2, 0.25) is 0 Å². The number of allylic oxidation sites excluding steroid dienone is 4. The highest BCUT2D eigenvalue weighted by Crippen LogP contribution is 2.17. The number of hydrogen-bond donors (Lipinski definition) is 2. The number of rotatable bonds is 11. The number of aliphatic hydroxyl groups excluding tert-OH is 1. The first-order chi connectivity index (χ1) is 11.8. The summed E-state index contributed by atoms with van der Waals surface area (Å²) in [6.07, 6.45) is 11.3. The molecule has 0 unspecified atom stereocenters. The van der Waals surface area contributed by atoms with Crippen LogP contribution in [0.5, 0.6) is 0 Å². The summed E-state index contributed by atoms with van der Waals surface area (Å²) in [6.45, 7) is 5.88. The lowest BCUT2D eigenvalue weighted by Gasteiger charge is -2.21. The summed E-state index contributed by atoms with van der Waals surface area (Å²) >= 11 is 0. The topological polar surface area (TPSA) is 68.2 Å². The number of ketones is 1. The SMILES string of the molecule is C/C=C\C(=C/C)CCCCC(=O)c1ccc(CC[C@@](C)(N)CO)n1C. The van der Waals surface area contributed by atoms with E-state index >= 15 is 0 Å². The fourth-order valence-electron chi connectivity index (χ4n) is 2.86. The molecule has 0 aromatic carbocycles. The van der Waals surface area contributed by atoms with Crippen molar-refractivity contribution in [2.75, 3.05) is 6.61 Å². The predicted octanol–water partition coefficient (Wildman–Crippen LogP) is 3.93. The molecular formula is C21H34N2O2. The van der Waals surface area contributed by atoms with Crippen LogP contribution in [-0.4, -0.2) is 27.6 Å². The number of carbonyl (C=O) groups is 1. The summed E-state index contributed by atoms with van der Waals surface area (Å²) in [5.41, 5.74) is 8.57. The fraction of sp³-hybridized carbons (Fsp3) is 0.571. The lowest BCUT2D eigenvalue weighted by atomic mass is 9.97. The van der Waals surface area contributed by atoms with Crippen molar-refractivity contribution in [1.29, 1.82) is 0 Å². The van der Waals surface area contributed by atoms with Gasteiger partial charge in [-0.3, -0.25) is 4.79 Å². The van der Waals surface area contributed by atoms with Gasteiger partial charge in [0.15, 0.2) is 5.78 Å². The summed E-state index contributed by atoms with van der Waals surface area (Å²) < 4.78 is 1.97. The van der Waals surface area contributed by atoms with Gasteiger partial charge in [0.05, 0.1) is 12.3 Å². The van der Waals surface area contributed by atoms with E-state index in [4.69, 9.17) is 5.73 Å². The minimum atomic E-state index is -0.577. The van der Waals surface area contributed by atoms with Gasteiger partial charge in [-0.1, -0.05) is 23.8 Å². The van der Waals surface area contributed by atoms with E-state index in [1.807, 2.05) is 37.6 Å². The molecule has 0 spiro atoms. The molecule has 1 aromatic rings. The molecule has 0 aliphatic heterocycles. The van der Waals surface area contributed by atoms with Crippen LogP contribution in [0.4, 0.5) is 0 Å². The summed E-state index contributed by atoms with van der Waals surface area (Å²) in [6, 6.07) is 3.90. The summed E-state index contributed by atoms with van der Waals surface area (Å²) in [7, 11) is 1.93. The van der Waals surface area contributed by atoms with E-state index in [1.54, 1.807) is 0 Å². The third kappa shape index (κ3) is 7.00. The van der Waals surface area contributed by atoms with E-state index in [-0.39, 0.29) is 12.4 Å². The lowest BCUT2D eigenvalue weighted by molar-refractivity contribution is 0.0971. The molecule has 1 aromatic heterocycles. The Bertz CT molecular complexity index is 609. The molecule has 0 aliphatic carbocycles. The predicted molar refractivity (Wildman–Crippen MR) is 105 cm³/mol. The number of aromatic nitrogens is 1. The third-order valence-corrected chi connectivity index (χ3v) is 4.70. The van der Waals surface area contributed by atoms with Gasteiger partial charge >= 0.3 is 0 Å². The van der Waals surface area contributed by atoms with Crippen molar-refractivity contribution in [3.8, 4) is 0 Å². The highest BCUT2D eigenvalue weighted by atomic mass is 16.3. The van der Waals surface area contributed by atoms with Crippen LogP contribution in [0.3, 0.4) is 0 Å². The Hall–Kier alpha value is -1.65. The Balaban J connectivity index is 2.51. The standard InChI is InChI=1S/C21H34N2O2/c1-5-9-17(6-2)10-7-8-11-20(25)19-13-12-18(23(19)4)14-15-21(3,22)16-24/h5-6,9,12-13,24H,7-8,10-11,14-16,22H2,1-4H3/b9-5-,17-6+/t21-/m1/s1. The van der Waals surface area contributed by atoms with Gasteiger partial charge in [0.1, 0.15) is 0 Å². The van der Waals surface area contributed by atoms with Crippen molar-refractivity contribution in [1.82, 2.24) is 4.57 Å². The zero-order chi connectivity index (χ0) is 18.9. The largest absolute Gasteiger partial charge is 0.394 e.